The molecular weight excluding hydrogens is 275 g/mol. The summed E-state index contributed by atoms with van der Waals surface area (Å²) in [5.74, 6) is -0.300. The zero-order valence-corrected chi connectivity index (χ0v) is 12.0. The second-order valence-electron chi connectivity index (χ2n) is 4.32. The maximum Gasteiger partial charge on any atom is 0.275 e. The second-order valence-corrected chi connectivity index (χ2v) is 4.32. The number of benzene rings is 1. The van der Waals surface area contributed by atoms with Crippen molar-refractivity contribution in [2.24, 2.45) is 0 Å². The third-order valence-corrected chi connectivity index (χ3v) is 3.01. The van der Waals surface area contributed by atoms with Crippen LogP contribution in [0.5, 0.6) is 5.75 Å². The first-order valence-electron chi connectivity index (χ1n) is 6.76. The molecule has 1 heterocycles. The molecule has 0 spiro atoms. The molecule has 0 fully saturated rings. The number of halogens is 1. The molecule has 1 aromatic heterocycles. The van der Waals surface area contributed by atoms with Crippen molar-refractivity contribution in [1.82, 2.24) is 9.88 Å². The monoisotopic (exact) mass is 292 g/mol. The molecule has 0 aliphatic carbocycles. The van der Waals surface area contributed by atoms with Crippen molar-refractivity contribution in [3.8, 4) is 5.75 Å². The molecule has 0 N–H and O–H groups in total. The fourth-order valence-electron chi connectivity index (χ4n) is 1.85. The smallest absolute Gasteiger partial charge is 0.275 e. The van der Waals surface area contributed by atoms with E-state index in [1.165, 1.54) is 18.4 Å². The van der Waals surface area contributed by atoms with Crippen LogP contribution in [-0.2, 0) is 6.61 Å². The van der Waals surface area contributed by atoms with Crippen molar-refractivity contribution >= 4 is 5.91 Å². The molecule has 21 heavy (non-hydrogen) atoms. The SMILES string of the molecule is CCN(CC)C(=O)c1coc(COc2ccccc2F)n1. The van der Waals surface area contributed by atoms with E-state index in [1.807, 2.05) is 13.8 Å². The van der Waals surface area contributed by atoms with Gasteiger partial charge in [-0.2, -0.15) is 0 Å². The van der Waals surface area contributed by atoms with E-state index in [0.717, 1.165) is 0 Å². The predicted octanol–water partition coefficient (Wildman–Crippen LogP) is 2.87. The largest absolute Gasteiger partial charge is 0.481 e. The van der Waals surface area contributed by atoms with Crippen LogP contribution in [0.4, 0.5) is 4.39 Å². The fraction of sp³-hybridized carbons (Fsp3) is 0.333. The van der Waals surface area contributed by atoms with Crippen LogP contribution >= 0.6 is 0 Å². The molecule has 0 atom stereocenters. The van der Waals surface area contributed by atoms with E-state index >= 15 is 0 Å². The van der Waals surface area contributed by atoms with Crippen molar-refractivity contribution in [2.45, 2.75) is 20.5 Å². The van der Waals surface area contributed by atoms with E-state index in [-0.39, 0.29) is 29.8 Å². The van der Waals surface area contributed by atoms with Gasteiger partial charge in [0, 0.05) is 13.1 Å². The lowest BCUT2D eigenvalue weighted by atomic mass is 10.3. The summed E-state index contributed by atoms with van der Waals surface area (Å²) in [6.45, 7) is 4.95. The van der Waals surface area contributed by atoms with Crippen LogP contribution in [0, 0.1) is 5.82 Å². The van der Waals surface area contributed by atoms with Gasteiger partial charge in [-0.05, 0) is 26.0 Å². The van der Waals surface area contributed by atoms with E-state index in [1.54, 1.807) is 17.0 Å². The van der Waals surface area contributed by atoms with E-state index < -0.39 is 5.82 Å². The molecule has 0 radical (unpaired) electrons. The minimum Gasteiger partial charge on any atom is -0.481 e. The van der Waals surface area contributed by atoms with Gasteiger partial charge in [-0.3, -0.25) is 4.79 Å². The summed E-state index contributed by atoms with van der Waals surface area (Å²) in [6.07, 6.45) is 1.29. The van der Waals surface area contributed by atoms with Crippen molar-refractivity contribution in [2.75, 3.05) is 13.1 Å². The van der Waals surface area contributed by atoms with Gasteiger partial charge in [0.05, 0.1) is 0 Å². The number of ether oxygens (including phenoxy) is 1. The highest BCUT2D eigenvalue weighted by molar-refractivity contribution is 5.91. The van der Waals surface area contributed by atoms with Crippen LogP contribution in [-0.4, -0.2) is 28.9 Å². The first-order valence-corrected chi connectivity index (χ1v) is 6.76. The van der Waals surface area contributed by atoms with Gasteiger partial charge in [0.25, 0.3) is 5.91 Å². The molecule has 0 saturated heterocycles. The highest BCUT2D eigenvalue weighted by atomic mass is 19.1. The van der Waals surface area contributed by atoms with E-state index in [9.17, 15) is 9.18 Å². The summed E-state index contributed by atoms with van der Waals surface area (Å²) in [5, 5.41) is 0. The lowest BCUT2D eigenvalue weighted by Crippen LogP contribution is -2.30. The topological polar surface area (TPSA) is 55.6 Å². The van der Waals surface area contributed by atoms with Gasteiger partial charge in [0.15, 0.2) is 23.9 Å². The molecule has 0 saturated carbocycles. The molecule has 2 aromatic rings. The average molecular weight is 292 g/mol. The molecular formula is C15H17FN2O3. The molecule has 6 heteroatoms. The summed E-state index contributed by atoms with van der Waals surface area (Å²) in [7, 11) is 0. The second kappa shape index (κ2) is 6.88. The standard InChI is InChI=1S/C15H17FN2O3/c1-3-18(4-2)15(19)12-9-21-14(17-12)10-20-13-8-6-5-7-11(13)16/h5-9H,3-4,10H2,1-2H3. The molecule has 0 aliphatic heterocycles. The number of amides is 1. The number of rotatable bonds is 6. The number of hydrogen-bond donors (Lipinski definition) is 0. The first kappa shape index (κ1) is 15.0. The van der Waals surface area contributed by atoms with E-state index in [4.69, 9.17) is 9.15 Å². The van der Waals surface area contributed by atoms with Crippen molar-refractivity contribution < 1.29 is 18.3 Å². The lowest BCUT2D eigenvalue weighted by Gasteiger charge is -2.16. The summed E-state index contributed by atoms with van der Waals surface area (Å²) >= 11 is 0. The number of nitrogens with zero attached hydrogens (tertiary/aromatic N) is 2. The summed E-state index contributed by atoms with van der Waals surface area (Å²) in [4.78, 5) is 17.8. The first-order chi connectivity index (χ1) is 10.2. The van der Waals surface area contributed by atoms with Gasteiger partial charge < -0.3 is 14.1 Å². The Morgan fingerprint density at radius 3 is 2.71 bits per heavy atom. The molecule has 0 bridgehead atoms. The minimum absolute atomic E-state index is 0.0353. The number of oxazole rings is 1. The van der Waals surface area contributed by atoms with Crippen molar-refractivity contribution in [3.63, 3.8) is 0 Å². The molecule has 0 aliphatic rings. The Balaban J connectivity index is 2.00. The quantitative estimate of drug-likeness (QED) is 0.821. The van der Waals surface area contributed by atoms with Gasteiger partial charge in [-0.1, -0.05) is 12.1 Å². The van der Waals surface area contributed by atoms with Crippen LogP contribution in [0.15, 0.2) is 34.9 Å². The average Bonchev–Trinajstić information content (AvgIpc) is 2.96. The van der Waals surface area contributed by atoms with E-state index in [0.29, 0.717) is 13.1 Å². The Labute approximate surface area is 122 Å². The van der Waals surface area contributed by atoms with Gasteiger partial charge >= 0.3 is 0 Å². The lowest BCUT2D eigenvalue weighted by molar-refractivity contribution is 0.0767. The number of para-hydroxylation sites is 1. The van der Waals surface area contributed by atoms with Crippen LogP contribution < -0.4 is 4.74 Å². The zero-order chi connectivity index (χ0) is 15.2. The minimum atomic E-state index is -0.455. The van der Waals surface area contributed by atoms with Crippen molar-refractivity contribution in [1.29, 1.82) is 0 Å². The van der Waals surface area contributed by atoms with Crippen molar-refractivity contribution in [3.05, 3.63) is 47.9 Å². The van der Waals surface area contributed by atoms with Crippen LogP contribution in [0.3, 0.4) is 0 Å². The number of aromatic nitrogens is 1. The highest BCUT2D eigenvalue weighted by Crippen LogP contribution is 2.17. The normalized spacial score (nSPS) is 10.4. The summed E-state index contributed by atoms with van der Waals surface area (Å²) in [5.41, 5.74) is 0.228. The molecule has 2 rings (SSSR count). The predicted molar refractivity (Wildman–Crippen MR) is 74.5 cm³/mol. The van der Waals surface area contributed by atoms with Crippen LogP contribution in [0.1, 0.15) is 30.2 Å². The fourth-order valence-corrected chi connectivity index (χ4v) is 1.85. The molecule has 112 valence electrons. The molecule has 0 unspecified atom stereocenters. The molecule has 1 aromatic carbocycles. The van der Waals surface area contributed by atoms with Crippen LogP contribution in [0.2, 0.25) is 0 Å². The number of carbonyl (C=O) groups is 1. The Morgan fingerprint density at radius 2 is 2.05 bits per heavy atom. The Kier molecular flexibility index (Phi) is 4.92. The Morgan fingerprint density at radius 1 is 1.33 bits per heavy atom. The summed E-state index contributed by atoms with van der Waals surface area (Å²) in [6, 6.07) is 6.07. The number of hydrogen-bond acceptors (Lipinski definition) is 4. The highest BCUT2D eigenvalue weighted by Gasteiger charge is 2.17. The van der Waals surface area contributed by atoms with Gasteiger partial charge in [-0.25, -0.2) is 9.37 Å². The summed E-state index contributed by atoms with van der Waals surface area (Å²) < 4.78 is 23.8. The van der Waals surface area contributed by atoms with Gasteiger partial charge in [0.1, 0.15) is 6.26 Å². The maximum absolute atomic E-state index is 13.4. The third kappa shape index (κ3) is 3.59. The number of carbonyl (C=O) groups excluding carboxylic acids is 1. The third-order valence-electron chi connectivity index (χ3n) is 3.01. The van der Waals surface area contributed by atoms with Crippen LogP contribution in [0.25, 0.3) is 0 Å². The zero-order valence-electron chi connectivity index (χ0n) is 12.0. The Hall–Kier alpha value is -2.37. The molecule has 1 amide bonds. The maximum atomic E-state index is 13.4. The van der Waals surface area contributed by atoms with Gasteiger partial charge in [-0.15, -0.1) is 0 Å². The van der Waals surface area contributed by atoms with Gasteiger partial charge in [0.2, 0.25) is 5.89 Å². The Bertz CT molecular complexity index is 608. The van der Waals surface area contributed by atoms with E-state index in [2.05, 4.69) is 4.98 Å². The molecule has 5 nitrogen and oxygen atoms in total.